The van der Waals surface area contributed by atoms with Gasteiger partial charge in [0.15, 0.2) is 0 Å². The summed E-state index contributed by atoms with van der Waals surface area (Å²) in [5, 5.41) is 9.29. The summed E-state index contributed by atoms with van der Waals surface area (Å²) in [6.07, 6.45) is -4.60. The number of aliphatic hydroxyl groups excluding tert-OH is 1. The highest BCUT2D eigenvalue weighted by Crippen LogP contribution is 2.49. The molecule has 2 aromatic rings. The number of para-hydroxylation sites is 1. The highest BCUT2D eigenvalue weighted by molar-refractivity contribution is 7.99. The summed E-state index contributed by atoms with van der Waals surface area (Å²) < 4.78 is 107. The molecule has 30 heavy (non-hydrogen) atoms. The molecule has 2 aliphatic rings. The SMILES string of the molecule is [2H]C1([2H])N(CCO)C([2H])([2H])C([2H])([2H])N(CCCN2c3ccccc3Sc3ccc(C(F)(F)F)cc32)C1([2H])[2H]. The van der Waals surface area contributed by atoms with Crippen molar-refractivity contribution in [2.45, 2.75) is 22.4 Å². The predicted molar refractivity (Wildman–Crippen MR) is 114 cm³/mol. The van der Waals surface area contributed by atoms with Crippen LogP contribution in [0.1, 0.15) is 23.0 Å². The van der Waals surface area contributed by atoms with Crippen LogP contribution in [-0.4, -0.2) is 67.1 Å². The standard InChI is InChI=1S/C22H26F3N3OS/c23-22(24,25)17-6-7-21-19(16-17)28(18-4-1-2-5-20(18)30-21)9-3-8-26-10-12-27(13-11-26)14-15-29/h1-2,4-7,16,29H,3,8-15H2/i10D2,11D2,12D2,13D2. The minimum atomic E-state index is -4.57. The first-order valence-electron chi connectivity index (χ1n) is 13.4. The molecule has 0 bridgehead atoms. The Balaban J connectivity index is 1.65. The van der Waals surface area contributed by atoms with Crippen molar-refractivity contribution in [2.75, 3.05) is 57.1 Å². The van der Waals surface area contributed by atoms with Gasteiger partial charge in [-0.2, -0.15) is 13.2 Å². The Bertz CT molecular complexity index is 1170. The highest BCUT2D eigenvalue weighted by atomic mass is 32.2. The van der Waals surface area contributed by atoms with E-state index in [1.807, 2.05) is 6.07 Å². The maximum Gasteiger partial charge on any atom is 0.416 e. The third-order valence-electron chi connectivity index (χ3n) is 4.68. The molecule has 0 radical (unpaired) electrons. The number of alkyl halides is 3. The number of benzene rings is 2. The van der Waals surface area contributed by atoms with Gasteiger partial charge in [-0.1, -0.05) is 23.9 Å². The van der Waals surface area contributed by atoms with Gasteiger partial charge < -0.3 is 14.9 Å². The van der Waals surface area contributed by atoms with Gasteiger partial charge in [-0.15, -0.1) is 0 Å². The van der Waals surface area contributed by atoms with Crippen LogP contribution in [0, 0.1) is 0 Å². The molecular weight excluding hydrogens is 411 g/mol. The molecule has 1 N–H and O–H groups in total. The summed E-state index contributed by atoms with van der Waals surface area (Å²) in [7, 11) is 0. The minimum Gasteiger partial charge on any atom is -0.395 e. The van der Waals surface area contributed by atoms with E-state index >= 15 is 0 Å². The number of β-amino-alcohol motifs (C(OH)–C–C–N with tert-alkyl or cyclic N) is 1. The van der Waals surface area contributed by atoms with Gasteiger partial charge in [0, 0.05) is 59.8 Å². The third kappa shape index (κ3) is 4.77. The number of halogens is 3. The second-order valence-corrected chi connectivity index (χ2v) is 7.81. The lowest BCUT2D eigenvalue weighted by molar-refractivity contribution is -0.137. The van der Waals surface area contributed by atoms with Crippen LogP contribution in [0.15, 0.2) is 52.3 Å². The summed E-state index contributed by atoms with van der Waals surface area (Å²) >= 11 is 1.31. The molecule has 2 heterocycles. The van der Waals surface area contributed by atoms with Gasteiger partial charge in [0.05, 0.1) is 23.5 Å². The summed E-state index contributed by atoms with van der Waals surface area (Å²) in [6, 6.07) is 10.5. The van der Waals surface area contributed by atoms with Crippen molar-refractivity contribution in [3.05, 3.63) is 48.0 Å². The average molecular weight is 446 g/mol. The molecule has 0 saturated carbocycles. The Morgan fingerprint density at radius 2 is 1.57 bits per heavy atom. The topological polar surface area (TPSA) is 30.0 Å². The van der Waals surface area contributed by atoms with Crippen molar-refractivity contribution in [3.63, 3.8) is 0 Å². The molecule has 2 aliphatic heterocycles. The van der Waals surface area contributed by atoms with E-state index in [0.717, 1.165) is 17.0 Å². The van der Waals surface area contributed by atoms with E-state index in [2.05, 4.69) is 0 Å². The molecule has 4 nitrogen and oxygen atoms in total. The van der Waals surface area contributed by atoms with E-state index in [1.165, 1.54) is 17.8 Å². The van der Waals surface area contributed by atoms with Gasteiger partial charge in [0.1, 0.15) is 0 Å². The van der Waals surface area contributed by atoms with Crippen LogP contribution in [0.25, 0.3) is 0 Å². The van der Waals surface area contributed by atoms with Crippen molar-refractivity contribution >= 4 is 23.1 Å². The summed E-state index contributed by atoms with van der Waals surface area (Å²) in [5.74, 6) is 0. The Morgan fingerprint density at radius 1 is 0.900 bits per heavy atom. The maximum atomic E-state index is 13.5. The molecular formula is C22H26F3N3OS. The molecule has 1 saturated heterocycles. The van der Waals surface area contributed by atoms with E-state index < -0.39 is 57.4 Å². The van der Waals surface area contributed by atoms with Gasteiger partial charge in [-0.3, -0.25) is 4.90 Å². The molecule has 0 unspecified atom stereocenters. The molecule has 0 atom stereocenters. The van der Waals surface area contributed by atoms with Crippen molar-refractivity contribution < 1.29 is 29.2 Å². The Labute approximate surface area is 190 Å². The first kappa shape index (κ1) is 13.6. The number of fused-ring (bicyclic) bond motifs is 2. The van der Waals surface area contributed by atoms with Gasteiger partial charge in [0.2, 0.25) is 0 Å². The fourth-order valence-electron chi connectivity index (χ4n) is 3.25. The molecule has 0 spiro atoms. The smallest absolute Gasteiger partial charge is 0.395 e. The quantitative estimate of drug-likeness (QED) is 0.716. The Hall–Kier alpha value is -1.74. The molecule has 1 fully saturated rings. The highest BCUT2D eigenvalue weighted by Gasteiger charge is 2.33. The van der Waals surface area contributed by atoms with Gasteiger partial charge in [-0.25, -0.2) is 0 Å². The van der Waals surface area contributed by atoms with E-state index in [0.29, 0.717) is 20.4 Å². The van der Waals surface area contributed by atoms with Crippen LogP contribution in [0.3, 0.4) is 0 Å². The van der Waals surface area contributed by atoms with Crippen LogP contribution in [0.4, 0.5) is 24.5 Å². The Kier molecular flexibility index (Phi) is 4.17. The zero-order valence-corrected chi connectivity index (χ0v) is 16.7. The van der Waals surface area contributed by atoms with Crippen molar-refractivity contribution in [2.24, 2.45) is 0 Å². The lowest BCUT2D eigenvalue weighted by Crippen LogP contribution is -2.47. The lowest BCUT2D eigenvalue weighted by atomic mass is 10.1. The van der Waals surface area contributed by atoms with Crippen LogP contribution in [-0.2, 0) is 6.18 Å². The van der Waals surface area contributed by atoms with Crippen LogP contribution in [0.2, 0.25) is 0 Å². The zero-order valence-electron chi connectivity index (χ0n) is 23.9. The second-order valence-electron chi connectivity index (χ2n) is 6.73. The van der Waals surface area contributed by atoms with Crippen LogP contribution >= 0.6 is 11.8 Å². The second kappa shape index (κ2) is 9.18. The van der Waals surface area contributed by atoms with Crippen molar-refractivity contribution in [1.29, 1.82) is 0 Å². The maximum absolute atomic E-state index is 13.5. The molecule has 0 aromatic heterocycles. The van der Waals surface area contributed by atoms with Gasteiger partial charge in [0.25, 0.3) is 0 Å². The number of aliphatic hydroxyl groups is 1. The van der Waals surface area contributed by atoms with E-state index in [4.69, 9.17) is 11.0 Å². The average Bonchev–Trinajstić information content (AvgIpc) is 2.82. The molecule has 0 amide bonds. The first-order valence-corrected chi connectivity index (χ1v) is 10.2. The van der Waals surface area contributed by atoms with Gasteiger partial charge in [-0.05, 0) is 43.3 Å². The number of anilines is 2. The largest absolute Gasteiger partial charge is 0.416 e. The fraction of sp³-hybridized carbons (Fsp3) is 0.455. The van der Waals surface area contributed by atoms with Crippen molar-refractivity contribution in [1.82, 2.24) is 9.80 Å². The Morgan fingerprint density at radius 3 is 2.27 bits per heavy atom. The van der Waals surface area contributed by atoms with E-state index in [1.54, 1.807) is 23.1 Å². The minimum absolute atomic E-state index is 0.0279. The summed E-state index contributed by atoms with van der Waals surface area (Å²) in [4.78, 5) is 3.84. The normalized spacial score (nSPS) is 28.3. The molecule has 8 heteroatoms. The number of rotatable bonds is 6. The molecule has 162 valence electrons. The number of piperazine rings is 1. The summed E-state index contributed by atoms with van der Waals surface area (Å²) in [6.45, 7) is -13.8. The summed E-state index contributed by atoms with van der Waals surface area (Å²) in [5.41, 5.74) is 0.0667. The van der Waals surface area contributed by atoms with E-state index in [-0.39, 0.29) is 18.7 Å². The van der Waals surface area contributed by atoms with Gasteiger partial charge >= 0.3 is 6.18 Å². The van der Waals surface area contributed by atoms with Crippen LogP contribution < -0.4 is 4.90 Å². The number of hydrogen-bond acceptors (Lipinski definition) is 5. The fourth-order valence-corrected chi connectivity index (χ4v) is 4.33. The van der Waals surface area contributed by atoms with Crippen LogP contribution in [0.5, 0.6) is 0 Å². The number of nitrogens with zero attached hydrogens (tertiary/aromatic N) is 3. The first-order chi connectivity index (χ1) is 17.5. The molecule has 4 rings (SSSR count). The monoisotopic (exact) mass is 445 g/mol. The van der Waals surface area contributed by atoms with E-state index in [9.17, 15) is 18.3 Å². The number of hydrogen-bond donors (Lipinski definition) is 1. The molecule has 2 aromatic carbocycles. The third-order valence-corrected chi connectivity index (χ3v) is 5.81. The van der Waals surface area contributed by atoms with Crippen molar-refractivity contribution in [3.8, 4) is 0 Å². The zero-order chi connectivity index (χ0) is 28.3. The lowest BCUT2D eigenvalue weighted by Gasteiger charge is -2.36. The molecule has 0 aliphatic carbocycles. The predicted octanol–water partition coefficient (Wildman–Crippen LogP) is 4.31.